The van der Waals surface area contributed by atoms with Crippen LogP contribution in [0.15, 0.2) is 18.2 Å². The fraction of sp³-hybridized carbons (Fsp3) is 0.600. The van der Waals surface area contributed by atoms with Gasteiger partial charge in [0.1, 0.15) is 5.82 Å². The van der Waals surface area contributed by atoms with Crippen molar-refractivity contribution in [3.8, 4) is 0 Å². The summed E-state index contributed by atoms with van der Waals surface area (Å²) in [6.45, 7) is 1.06. The van der Waals surface area contributed by atoms with E-state index in [1.54, 1.807) is 0 Å². The van der Waals surface area contributed by atoms with Gasteiger partial charge in [-0.3, -0.25) is 4.79 Å². The third-order valence-corrected chi connectivity index (χ3v) is 5.56. The van der Waals surface area contributed by atoms with Gasteiger partial charge in [-0.1, -0.05) is 32.1 Å². The van der Waals surface area contributed by atoms with Crippen molar-refractivity contribution in [3.63, 3.8) is 0 Å². The predicted octanol–water partition coefficient (Wildman–Crippen LogP) is 4.22. The van der Waals surface area contributed by atoms with E-state index in [1.165, 1.54) is 56.3 Å². The molecule has 0 saturated heterocycles. The maximum atomic E-state index is 12.6. The molecule has 1 aliphatic heterocycles. The molecule has 2 aromatic rings. The number of benzene rings is 1. The number of nitrogens with zero attached hydrogens (tertiary/aromatic N) is 2. The third-order valence-electron chi connectivity index (χ3n) is 5.56. The number of aryl methyl sites for hydroxylation is 2. The third kappa shape index (κ3) is 3.19. The highest BCUT2D eigenvalue weighted by Gasteiger charge is 2.18. The van der Waals surface area contributed by atoms with Gasteiger partial charge in [0, 0.05) is 24.6 Å². The van der Waals surface area contributed by atoms with E-state index in [0.717, 1.165) is 36.9 Å². The monoisotopic (exact) mass is 325 g/mol. The molecule has 24 heavy (non-hydrogen) atoms. The van der Waals surface area contributed by atoms with Crippen LogP contribution in [0, 0.1) is 0 Å². The van der Waals surface area contributed by atoms with Gasteiger partial charge in [-0.05, 0) is 43.9 Å². The lowest BCUT2D eigenvalue weighted by Gasteiger charge is -2.16. The van der Waals surface area contributed by atoms with Crippen LogP contribution in [0.25, 0.3) is 11.0 Å². The summed E-state index contributed by atoms with van der Waals surface area (Å²) in [5.74, 6) is 1.25. The van der Waals surface area contributed by atoms with Gasteiger partial charge in [0.25, 0.3) is 5.91 Å². The molecule has 0 spiro atoms. The number of fused-ring (bicyclic) bond motifs is 3. The van der Waals surface area contributed by atoms with Gasteiger partial charge < -0.3 is 9.88 Å². The molecular formula is C20H27N3O. The van der Waals surface area contributed by atoms with Gasteiger partial charge in [-0.25, -0.2) is 4.98 Å². The average molecular weight is 325 g/mol. The van der Waals surface area contributed by atoms with Crippen LogP contribution in [0.5, 0.6) is 0 Å². The van der Waals surface area contributed by atoms with Crippen LogP contribution in [0.4, 0.5) is 0 Å². The van der Waals surface area contributed by atoms with Crippen molar-refractivity contribution in [1.29, 1.82) is 0 Å². The molecular weight excluding hydrogens is 298 g/mol. The Morgan fingerprint density at radius 1 is 1.04 bits per heavy atom. The lowest BCUT2D eigenvalue weighted by atomic mass is 10.1. The summed E-state index contributed by atoms with van der Waals surface area (Å²) in [6, 6.07) is 6.37. The average Bonchev–Trinajstić information content (AvgIpc) is 2.80. The maximum Gasteiger partial charge on any atom is 0.251 e. The molecule has 0 radical (unpaired) electrons. The zero-order valence-electron chi connectivity index (χ0n) is 14.4. The Balaban J connectivity index is 1.55. The van der Waals surface area contributed by atoms with E-state index in [0.29, 0.717) is 6.04 Å². The second kappa shape index (κ2) is 6.96. The Kier molecular flexibility index (Phi) is 4.54. The number of carbonyl (C=O) groups is 1. The summed E-state index contributed by atoms with van der Waals surface area (Å²) in [6.07, 6.45) is 12.1. The van der Waals surface area contributed by atoms with Gasteiger partial charge in [-0.2, -0.15) is 0 Å². The molecule has 2 aliphatic rings. The molecule has 4 heteroatoms. The van der Waals surface area contributed by atoms with Gasteiger partial charge in [0.15, 0.2) is 0 Å². The molecule has 1 fully saturated rings. The second-order valence-corrected chi connectivity index (χ2v) is 7.36. The van der Waals surface area contributed by atoms with Crippen molar-refractivity contribution in [2.45, 2.75) is 76.8 Å². The first-order valence-electron chi connectivity index (χ1n) is 9.61. The van der Waals surface area contributed by atoms with E-state index >= 15 is 0 Å². The Hall–Kier alpha value is -1.84. The second-order valence-electron chi connectivity index (χ2n) is 7.36. The first kappa shape index (κ1) is 15.7. The number of hydrogen-bond donors (Lipinski definition) is 1. The fourth-order valence-corrected chi connectivity index (χ4v) is 4.18. The standard InChI is InChI=1S/C20H27N3O/c24-20(21-16-8-4-1-2-5-9-16)15-11-12-18-17(14-15)22-19-10-6-3-7-13-23(18)19/h11-12,14,16H,1-10,13H2,(H,21,24). The zero-order valence-corrected chi connectivity index (χ0v) is 14.4. The summed E-state index contributed by atoms with van der Waals surface area (Å²) in [4.78, 5) is 17.4. The molecule has 4 nitrogen and oxygen atoms in total. The molecule has 0 bridgehead atoms. The first-order valence-corrected chi connectivity index (χ1v) is 9.61. The minimum atomic E-state index is 0.0620. The van der Waals surface area contributed by atoms with E-state index in [-0.39, 0.29) is 5.91 Å². The van der Waals surface area contributed by atoms with Crippen LogP contribution in [-0.2, 0) is 13.0 Å². The Morgan fingerprint density at radius 3 is 2.67 bits per heavy atom. The molecule has 1 aromatic heterocycles. The molecule has 128 valence electrons. The van der Waals surface area contributed by atoms with Crippen molar-refractivity contribution >= 4 is 16.9 Å². The normalized spacial score (nSPS) is 19.5. The van der Waals surface area contributed by atoms with Gasteiger partial charge >= 0.3 is 0 Å². The zero-order chi connectivity index (χ0) is 16.4. The molecule has 1 aliphatic carbocycles. The number of rotatable bonds is 2. The summed E-state index contributed by atoms with van der Waals surface area (Å²) >= 11 is 0. The lowest BCUT2D eigenvalue weighted by Crippen LogP contribution is -2.34. The summed E-state index contributed by atoms with van der Waals surface area (Å²) in [5.41, 5.74) is 2.90. The first-order chi connectivity index (χ1) is 11.8. The van der Waals surface area contributed by atoms with Crippen LogP contribution < -0.4 is 5.32 Å². The minimum absolute atomic E-state index is 0.0620. The lowest BCUT2D eigenvalue weighted by molar-refractivity contribution is 0.0933. The number of aromatic nitrogens is 2. The molecule has 1 amide bonds. The van der Waals surface area contributed by atoms with Crippen LogP contribution in [-0.4, -0.2) is 21.5 Å². The predicted molar refractivity (Wildman–Crippen MR) is 96.2 cm³/mol. The quantitative estimate of drug-likeness (QED) is 0.841. The highest BCUT2D eigenvalue weighted by molar-refractivity contribution is 5.97. The molecule has 0 atom stereocenters. The highest BCUT2D eigenvalue weighted by atomic mass is 16.1. The van der Waals surface area contributed by atoms with Gasteiger partial charge in [-0.15, -0.1) is 0 Å². The SMILES string of the molecule is O=C(NC1CCCCCC1)c1ccc2c(c1)nc1n2CCCCC1. The molecule has 1 aromatic carbocycles. The van der Waals surface area contributed by atoms with Crippen molar-refractivity contribution in [3.05, 3.63) is 29.6 Å². The molecule has 1 N–H and O–H groups in total. The molecule has 2 heterocycles. The largest absolute Gasteiger partial charge is 0.349 e. The van der Waals surface area contributed by atoms with E-state index in [4.69, 9.17) is 4.98 Å². The van der Waals surface area contributed by atoms with Crippen LogP contribution in [0.2, 0.25) is 0 Å². The summed E-state index contributed by atoms with van der Waals surface area (Å²) in [5, 5.41) is 3.24. The molecule has 0 unspecified atom stereocenters. The van der Waals surface area contributed by atoms with Gasteiger partial charge in [0.05, 0.1) is 11.0 Å². The number of amides is 1. The smallest absolute Gasteiger partial charge is 0.251 e. The molecule has 1 saturated carbocycles. The van der Waals surface area contributed by atoms with Crippen LogP contribution in [0.3, 0.4) is 0 Å². The number of carbonyl (C=O) groups excluding carboxylic acids is 1. The number of nitrogens with one attached hydrogen (secondary N) is 1. The topological polar surface area (TPSA) is 46.9 Å². The van der Waals surface area contributed by atoms with E-state index in [2.05, 4.69) is 16.0 Å². The summed E-state index contributed by atoms with van der Waals surface area (Å²) < 4.78 is 2.34. The Bertz CT molecular complexity index is 726. The van der Waals surface area contributed by atoms with Crippen LogP contribution in [0.1, 0.15) is 74.0 Å². The maximum absolute atomic E-state index is 12.6. The Labute approximate surface area is 143 Å². The van der Waals surface area contributed by atoms with Crippen LogP contribution >= 0.6 is 0 Å². The highest BCUT2D eigenvalue weighted by Crippen LogP contribution is 2.23. The van der Waals surface area contributed by atoms with E-state index < -0.39 is 0 Å². The Morgan fingerprint density at radius 2 is 1.83 bits per heavy atom. The van der Waals surface area contributed by atoms with Gasteiger partial charge in [0.2, 0.25) is 0 Å². The minimum Gasteiger partial charge on any atom is -0.349 e. The number of imidazole rings is 1. The van der Waals surface area contributed by atoms with E-state index in [1.807, 2.05) is 12.1 Å². The van der Waals surface area contributed by atoms with E-state index in [9.17, 15) is 4.79 Å². The van der Waals surface area contributed by atoms with Crippen molar-refractivity contribution < 1.29 is 4.79 Å². The van der Waals surface area contributed by atoms with Crippen molar-refractivity contribution in [1.82, 2.24) is 14.9 Å². The van der Waals surface area contributed by atoms with Crippen molar-refractivity contribution in [2.24, 2.45) is 0 Å². The fourth-order valence-electron chi connectivity index (χ4n) is 4.18. The molecule has 4 rings (SSSR count). The summed E-state index contributed by atoms with van der Waals surface area (Å²) in [7, 11) is 0. The number of hydrogen-bond acceptors (Lipinski definition) is 2. The van der Waals surface area contributed by atoms with Crippen molar-refractivity contribution in [2.75, 3.05) is 0 Å².